The molecule has 0 amide bonds. The molecule has 0 heterocycles. The first-order valence-corrected chi connectivity index (χ1v) is 11.1. The number of halogens is 2. The minimum absolute atomic E-state index is 0.441. The Labute approximate surface area is 191 Å². The molecule has 0 atom stereocenters. The van der Waals surface area contributed by atoms with Crippen LogP contribution in [0.3, 0.4) is 0 Å². The highest BCUT2D eigenvalue weighted by Gasteiger charge is 2.13. The van der Waals surface area contributed by atoms with Crippen molar-refractivity contribution in [3.8, 4) is 11.5 Å². The molecule has 3 aromatic carbocycles. The number of hydrogen-bond acceptors (Lipinski definition) is 3. The molecular weight excluding hydrogens is 497 g/mol. The lowest BCUT2D eigenvalue weighted by Crippen LogP contribution is -2.05. The Balaban J connectivity index is 1.75. The fourth-order valence-electron chi connectivity index (χ4n) is 2.96. The van der Waals surface area contributed by atoms with Crippen molar-refractivity contribution in [3.05, 3.63) is 85.4 Å². The fourth-order valence-corrected chi connectivity index (χ4v) is 4.00. The first-order valence-electron chi connectivity index (χ1n) is 9.60. The number of anilines is 1. The summed E-state index contributed by atoms with van der Waals surface area (Å²) in [6, 6.07) is 18.3. The summed E-state index contributed by atoms with van der Waals surface area (Å²) in [5, 5.41) is 4.20. The van der Waals surface area contributed by atoms with E-state index in [-0.39, 0.29) is 0 Å². The molecule has 0 saturated heterocycles. The molecule has 152 valence electrons. The number of benzene rings is 3. The van der Waals surface area contributed by atoms with E-state index in [2.05, 4.69) is 66.0 Å². The Morgan fingerprint density at radius 3 is 2.48 bits per heavy atom. The van der Waals surface area contributed by atoms with Gasteiger partial charge in [-0.15, -0.1) is 0 Å². The molecule has 0 radical (unpaired) electrons. The molecule has 0 saturated carbocycles. The van der Waals surface area contributed by atoms with Crippen LogP contribution in [0.1, 0.15) is 29.2 Å². The van der Waals surface area contributed by atoms with Gasteiger partial charge in [-0.1, -0.05) is 29.8 Å². The molecule has 3 nitrogen and oxygen atoms in total. The summed E-state index contributed by atoms with van der Waals surface area (Å²) in [7, 11) is 0. The molecule has 0 aromatic heterocycles. The van der Waals surface area contributed by atoms with Crippen LogP contribution in [0, 0.1) is 17.4 Å². The van der Waals surface area contributed by atoms with Crippen LogP contribution in [0.4, 0.5) is 5.69 Å². The van der Waals surface area contributed by atoms with Crippen LogP contribution in [0.25, 0.3) is 0 Å². The van der Waals surface area contributed by atoms with Gasteiger partial charge in [0.05, 0.1) is 10.2 Å². The van der Waals surface area contributed by atoms with Gasteiger partial charge in [0.25, 0.3) is 0 Å². The third-order valence-electron chi connectivity index (χ3n) is 4.64. The summed E-state index contributed by atoms with van der Waals surface area (Å²) in [6.07, 6.45) is 0. The number of rotatable bonds is 8. The maximum Gasteiger partial charge on any atom is 0.174 e. The van der Waals surface area contributed by atoms with Gasteiger partial charge in [-0.2, -0.15) is 0 Å². The Hall–Kier alpha value is -1.92. The molecule has 1 N–H and O–H groups in total. The van der Waals surface area contributed by atoms with Gasteiger partial charge in [-0.3, -0.25) is 0 Å². The smallest absolute Gasteiger partial charge is 0.174 e. The summed E-state index contributed by atoms with van der Waals surface area (Å²) in [4.78, 5) is 0. The van der Waals surface area contributed by atoms with Gasteiger partial charge >= 0.3 is 0 Å². The number of aryl methyl sites for hydroxylation is 2. The van der Waals surface area contributed by atoms with Gasteiger partial charge in [0.1, 0.15) is 6.61 Å². The van der Waals surface area contributed by atoms with E-state index in [0.29, 0.717) is 24.8 Å². The molecule has 0 fully saturated rings. The molecule has 0 aliphatic heterocycles. The number of hydrogen-bond donors (Lipinski definition) is 1. The summed E-state index contributed by atoms with van der Waals surface area (Å²) in [6.45, 7) is 7.97. The van der Waals surface area contributed by atoms with Crippen LogP contribution in [0.2, 0.25) is 5.02 Å². The second kappa shape index (κ2) is 10.2. The number of ether oxygens (including phenoxy) is 2. The van der Waals surface area contributed by atoms with E-state index >= 15 is 0 Å². The topological polar surface area (TPSA) is 30.5 Å². The van der Waals surface area contributed by atoms with Crippen molar-refractivity contribution in [2.45, 2.75) is 33.9 Å². The average molecular weight is 522 g/mol. The zero-order valence-corrected chi connectivity index (χ0v) is 19.8. The van der Waals surface area contributed by atoms with Gasteiger partial charge in [-0.05, 0) is 102 Å². The molecule has 0 bridgehead atoms. The molecule has 0 spiro atoms. The quantitative estimate of drug-likeness (QED) is 0.319. The molecule has 29 heavy (non-hydrogen) atoms. The van der Waals surface area contributed by atoms with Crippen molar-refractivity contribution in [1.29, 1.82) is 0 Å². The minimum atomic E-state index is 0.441. The van der Waals surface area contributed by atoms with Crippen molar-refractivity contribution in [2.24, 2.45) is 0 Å². The molecular formula is C24H25ClINO2. The van der Waals surface area contributed by atoms with E-state index in [1.54, 1.807) is 0 Å². The van der Waals surface area contributed by atoms with E-state index in [0.717, 1.165) is 31.9 Å². The fraction of sp³-hybridized carbons (Fsp3) is 0.250. The SMILES string of the molecule is CCOc1cc(CNc2ccc(C)c(C)c2)cc(I)c1OCc1cccc(Cl)c1. The highest BCUT2D eigenvalue weighted by molar-refractivity contribution is 14.1. The highest BCUT2D eigenvalue weighted by Crippen LogP contribution is 2.35. The third-order valence-corrected chi connectivity index (χ3v) is 5.68. The van der Waals surface area contributed by atoms with E-state index in [9.17, 15) is 0 Å². The summed E-state index contributed by atoms with van der Waals surface area (Å²) >= 11 is 8.38. The average Bonchev–Trinajstić information content (AvgIpc) is 2.68. The monoisotopic (exact) mass is 521 g/mol. The van der Waals surface area contributed by atoms with Crippen LogP contribution >= 0.6 is 34.2 Å². The van der Waals surface area contributed by atoms with Gasteiger partial charge < -0.3 is 14.8 Å². The second-order valence-electron chi connectivity index (χ2n) is 6.91. The van der Waals surface area contributed by atoms with Crippen molar-refractivity contribution in [2.75, 3.05) is 11.9 Å². The predicted octanol–water partition coefficient (Wildman–Crippen LogP) is 7.15. The second-order valence-corrected chi connectivity index (χ2v) is 8.51. The van der Waals surface area contributed by atoms with Crippen LogP contribution in [0.5, 0.6) is 11.5 Å². The largest absolute Gasteiger partial charge is 0.490 e. The summed E-state index contributed by atoms with van der Waals surface area (Å²) in [5.74, 6) is 1.53. The first kappa shape index (κ1) is 21.8. The van der Waals surface area contributed by atoms with Crippen LogP contribution in [-0.4, -0.2) is 6.61 Å². The maximum absolute atomic E-state index is 6.10. The van der Waals surface area contributed by atoms with Gasteiger partial charge in [-0.25, -0.2) is 0 Å². The van der Waals surface area contributed by atoms with Crippen molar-refractivity contribution < 1.29 is 9.47 Å². The maximum atomic E-state index is 6.10. The van der Waals surface area contributed by atoms with Crippen molar-refractivity contribution >= 4 is 39.9 Å². The standard InChI is InChI=1S/C24H25ClINO2/c1-4-28-23-13-19(14-27-21-9-8-16(2)17(3)10-21)12-22(26)24(23)29-15-18-6-5-7-20(25)11-18/h5-13,27H,4,14-15H2,1-3H3. The van der Waals surface area contributed by atoms with E-state index in [1.807, 2.05) is 37.3 Å². The molecule has 3 aromatic rings. The van der Waals surface area contributed by atoms with Crippen LogP contribution in [-0.2, 0) is 13.2 Å². The number of nitrogens with one attached hydrogen (secondary N) is 1. The first-order chi connectivity index (χ1) is 14.0. The lowest BCUT2D eigenvalue weighted by Gasteiger charge is -2.16. The zero-order valence-electron chi connectivity index (χ0n) is 16.9. The zero-order chi connectivity index (χ0) is 20.8. The van der Waals surface area contributed by atoms with Crippen LogP contribution in [0.15, 0.2) is 54.6 Å². The lowest BCUT2D eigenvalue weighted by molar-refractivity contribution is 0.267. The normalized spacial score (nSPS) is 10.7. The Morgan fingerprint density at radius 1 is 0.931 bits per heavy atom. The van der Waals surface area contributed by atoms with Crippen LogP contribution < -0.4 is 14.8 Å². The minimum Gasteiger partial charge on any atom is -0.490 e. The highest BCUT2D eigenvalue weighted by atomic mass is 127. The summed E-state index contributed by atoms with van der Waals surface area (Å²) in [5.41, 5.74) is 5.86. The molecule has 0 aliphatic carbocycles. The Kier molecular flexibility index (Phi) is 7.67. The van der Waals surface area contributed by atoms with E-state index in [1.165, 1.54) is 11.1 Å². The van der Waals surface area contributed by atoms with Gasteiger partial charge in [0.15, 0.2) is 11.5 Å². The molecule has 5 heteroatoms. The van der Waals surface area contributed by atoms with Crippen molar-refractivity contribution in [1.82, 2.24) is 0 Å². The van der Waals surface area contributed by atoms with E-state index < -0.39 is 0 Å². The molecule has 0 aliphatic rings. The third kappa shape index (κ3) is 6.03. The van der Waals surface area contributed by atoms with E-state index in [4.69, 9.17) is 21.1 Å². The Morgan fingerprint density at radius 2 is 1.76 bits per heavy atom. The lowest BCUT2D eigenvalue weighted by atomic mass is 10.1. The molecule has 0 unspecified atom stereocenters. The van der Waals surface area contributed by atoms with Gasteiger partial charge in [0.2, 0.25) is 0 Å². The van der Waals surface area contributed by atoms with Gasteiger partial charge in [0, 0.05) is 17.3 Å². The summed E-state index contributed by atoms with van der Waals surface area (Å²) < 4.78 is 13.0. The molecule has 3 rings (SSSR count). The van der Waals surface area contributed by atoms with Crippen molar-refractivity contribution in [3.63, 3.8) is 0 Å². The predicted molar refractivity (Wildman–Crippen MR) is 129 cm³/mol. The Bertz CT molecular complexity index is 991.